The first kappa shape index (κ1) is 21.3. The Morgan fingerprint density at radius 3 is 2.00 bits per heavy atom. The van der Waals surface area contributed by atoms with Crippen molar-refractivity contribution in [3.8, 4) is 11.1 Å². The highest BCUT2D eigenvalue weighted by atomic mass is 16.5. The molecule has 1 aliphatic carbocycles. The summed E-state index contributed by atoms with van der Waals surface area (Å²) in [6, 6.07) is 13.3. The second kappa shape index (κ2) is 8.96. The summed E-state index contributed by atoms with van der Waals surface area (Å²) < 4.78 is 5.36. The van der Waals surface area contributed by atoms with Crippen LogP contribution in [0.2, 0.25) is 0 Å². The summed E-state index contributed by atoms with van der Waals surface area (Å²) in [5.41, 5.74) is 4.34. The van der Waals surface area contributed by atoms with E-state index in [1.54, 1.807) is 0 Å². The molecular weight excluding hydrogens is 388 g/mol. The Hall–Kier alpha value is -3.39. The summed E-state index contributed by atoms with van der Waals surface area (Å²) in [6.45, 7) is 2.75. The average Bonchev–Trinajstić information content (AvgIpc) is 3.03. The number of carbonyl (C=O) groups is 3. The molecule has 2 amide bonds. The number of aliphatic hydroxyl groups excluding tert-OH is 1. The molecule has 1 aliphatic rings. The molecule has 0 radical (unpaired) electrons. The van der Waals surface area contributed by atoms with Crippen LogP contribution in [-0.4, -0.2) is 53.0 Å². The normalized spacial score (nSPS) is 15.3. The number of nitrogens with one attached hydrogen (secondary N) is 2. The molecule has 3 atom stereocenters. The molecule has 8 heteroatoms. The molecule has 8 nitrogen and oxygen atoms in total. The first-order chi connectivity index (χ1) is 14.3. The minimum Gasteiger partial charge on any atom is -0.480 e. The Kier molecular flexibility index (Phi) is 6.37. The van der Waals surface area contributed by atoms with Crippen molar-refractivity contribution in [1.29, 1.82) is 0 Å². The number of carboxylic acid groups (broad SMARTS) is 1. The molecule has 158 valence electrons. The number of carbonyl (C=O) groups excluding carboxylic acids is 2. The van der Waals surface area contributed by atoms with Gasteiger partial charge in [0.15, 0.2) is 6.04 Å². The molecule has 0 aliphatic heterocycles. The Morgan fingerprint density at radius 2 is 1.50 bits per heavy atom. The lowest BCUT2D eigenvalue weighted by Crippen LogP contribution is -2.53. The number of aliphatic hydroxyl groups is 1. The highest BCUT2D eigenvalue weighted by molar-refractivity contribution is 5.89. The van der Waals surface area contributed by atoms with Crippen LogP contribution in [0.1, 0.15) is 30.9 Å². The number of aliphatic carboxylic acids is 1. The zero-order chi connectivity index (χ0) is 21.8. The van der Waals surface area contributed by atoms with Crippen molar-refractivity contribution in [2.45, 2.75) is 38.0 Å². The van der Waals surface area contributed by atoms with E-state index < -0.39 is 36.2 Å². The van der Waals surface area contributed by atoms with E-state index in [2.05, 4.69) is 10.6 Å². The number of ether oxygens (including phenoxy) is 1. The van der Waals surface area contributed by atoms with Crippen molar-refractivity contribution in [3.63, 3.8) is 0 Å². The van der Waals surface area contributed by atoms with Crippen LogP contribution in [0, 0.1) is 0 Å². The monoisotopic (exact) mass is 412 g/mol. The Balaban J connectivity index is 1.60. The number of fused-ring (bicyclic) bond motifs is 3. The summed E-state index contributed by atoms with van der Waals surface area (Å²) in [7, 11) is 0. The predicted molar refractivity (Wildman–Crippen MR) is 109 cm³/mol. The van der Waals surface area contributed by atoms with Crippen LogP contribution in [0.15, 0.2) is 48.5 Å². The fourth-order valence-corrected chi connectivity index (χ4v) is 3.55. The molecule has 30 heavy (non-hydrogen) atoms. The fourth-order valence-electron chi connectivity index (χ4n) is 3.55. The van der Waals surface area contributed by atoms with E-state index in [9.17, 15) is 19.5 Å². The van der Waals surface area contributed by atoms with Crippen molar-refractivity contribution in [3.05, 3.63) is 59.7 Å². The van der Waals surface area contributed by atoms with Crippen LogP contribution < -0.4 is 10.6 Å². The summed E-state index contributed by atoms with van der Waals surface area (Å²) in [4.78, 5) is 35.4. The van der Waals surface area contributed by atoms with E-state index in [1.807, 2.05) is 48.5 Å². The van der Waals surface area contributed by atoms with Crippen molar-refractivity contribution in [2.24, 2.45) is 0 Å². The van der Waals surface area contributed by atoms with Crippen LogP contribution in [0.5, 0.6) is 0 Å². The van der Waals surface area contributed by atoms with Crippen LogP contribution in [0.3, 0.4) is 0 Å². The maximum atomic E-state index is 12.2. The number of carboxylic acids is 1. The Bertz CT molecular complexity index is 913. The number of rotatable bonds is 7. The van der Waals surface area contributed by atoms with Crippen molar-refractivity contribution in [2.75, 3.05) is 6.61 Å². The fraction of sp³-hybridized carbons (Fsp3) is 0.318. The second-order valence-electron chi connectivity index (χ2n) is 7.26. The van der Waals surface area contributed by atoms with Crippen molar-refractivity contribution in [1.82, 2.24) is 10.6 Å². The van der Waals surface area contributed by atoms with Crippen LogP contribution in [0.25, 0.3) is 11.1 Å². The molecule has 0 saturated carbocycles. The molecule has 0 heterocycles. The van der Waals surface area contributed by atoms with Gasteiger partial charge in [-0.15, -0.1) is 0 Å². The molecule has 3 rings (SSSR count). The molecule has 2 aromatic rings. The number of hydrogen-bond donors (Lipinski definition) is 4. The molecule has 2 aromatic carbocycles. The standard InChI is InChI=1S/C22H24N2O6/c1-12(20(26)24-19(13(2)25)21(27)28)23-22(29)30-11-18-16-9-5-3-7-14(16)15-8-4-6-10-17(15)18/h3-10,12-13,18-19,25H,11H2,1-2H3,(H,23,29)(H,24,26)(H,27,28)/t12?,13-,19+/m1/s1. The molecule has 0 fully saturated rings. The average molecular weight is 412 g/mol. The third-order valence-corrected chi connectivity index (χ3v) is 5.12. The topological polar surface area (TPSA) is 125 Å². The van der Waals surface area contributed by atoms with E-state index in [1.165, 1.54) is 13.8 Å². The van der Waals surface area contributed by atoms with Gasteiger partial charge in [0.1, 0.15) is 12.6 Å². The summed E-state index contributed by atoms with van der Waals surface area (Å²) in [5, 5.41) is 23.1. The van der Waals surface area contributed by atoms with Gasteiger partial charge in [-0.3, -0.25) is 4.79 Å². The maximum absolute atomic E-state index is 12.2. The first-order valence-electron chi connectivity index (χ1n) is 9.62. The lowest BCUT2D eigenvalue weighted by Gasteiger charge is -2.21. The zero-order valence-corrected chi connectivity index (χ0v) is 16.7. The van der Waals surface area contributed by atoms with Gasteiger partial charge in [-0.2, -0.15) is 0 Å². The highest BCUT2D eigenvalue weighted by Gasteiger charge is 2.30. The molecular formula is C22H24N2O6. The van der Waals surface area contributed by atoms with E-state index in [0.29, 0.717) is 0 Å². The van der Waals surface area contributed by atoms with E-state index in [4.69, 9.17) is 9.84 Å². The SMILES string of the molecule is CC(NC(=O)OCC1c2ccccc2-c2ccccc21)C(=O)N[C@H](C(=O)O)[C@@H](C)O. The molecule has 0 saturated heterocycles. The van der Waals surface area contributed by atoms with Gasteiger partial charge in [0, 0.05) is 5.92 Å². The first-order valence-corrected chi connectivity index (χ1v) is 9.62. The van der Waals surface area contributed by atoms with Gasteiger partial charge in [-0.05, 0) is 36.1 Å². The number of benzene rings is 2. The minimum atomic E-state index is -1.47. The Labute approximate surface area is 173 Å². The van der Waals surface area contributed by atoms with Gasteiger partial charge in [0.05, 0.1) is 6.10 Å². The third-order valence-electron chi connectivity index (χ3n) is 5.12. The maximum Gasteiger partial charge on any atom is 0.407 e. The van der Waals surface area contributed by atoms with Crippen LogP contribution >= 0.6 is 0 Å². The zero-order valence-electron chi connectivity index (χ0n) is 16.7. The van der Waals surface area contributed by atoms with Crippen molar-refractivity contribution < 1.29 is 29.3 Å². The smallest absolute Gasteiger partial charge is 0.407 e. The Morgan fingerprint density at radius 1 is 0.967 bits per heavy atom. The second-order valence-corrected chi connectivity index (χ2v) is 7.26. The molecule has 0 spiro atoms. The van der Waals surface area contributed by atoms with Gasteiger partial charge >= 0.3 is 12.1 Å². The summed E-state index contributed by atoms with van der Waals surface area (Å²) in [5.74, 6) is -2.22. The van der Waals surface area contributed by atoms with Gasteiger partial charge in [0.2, 0.25) is 5.91 Å². The van der Waals surface area contributed by atoms with Gasteiger partial charge in [0.25, 0.3) is 0 Å². The predicted octanol–water partition coefficient (Wildman–Crippen LogP) is 1.86. The molecule has 0 bridgehead atoms. The van der Waals surface area contributed by atoms with E-state index in [0.717, 1.165) is 22.3 Å². The van der Waals surface area contributed by atoms with Crippen LogP contribution in [-0.2, 0) is 14.3 Å². The molecule has 0 aromatic heterocycles. The number of amides is 2. The summed E-state index contributed by atoms with van der Waals surface area (Å²) >= 11 is 0. The molecule has 1 unspecified atom stereocenters. The lowest BCUT2D eigenvalue weighted by molar-refractivity contribution is -0.145. The highest BCUT2D eigenvalue weighted by Crippen LogP contribution is 2.44. The quantitative estimate of drug-likeness (QED) is 0.550. The number of hydrogen-bond acceptors (Lipinski definition) is 5. The van der Waals surface area contributed by atoms with Gasteiger partial charge in [-0.1, -0.05) is 48.5 Å². The van der Waals surface area contributed by atoms with Crippen molar-refractivity contribution >= 4 is 18.0 Å². The largest absolute Gasteiger partial charge is 0.480 e. The number of alkyl carbamates (subject to hydrolysis) is 1. The van der Waals surface area contributed by atoms with Crippen LogP contribution in [0.4, 0.5) is 4.79 Å². The molecule has 4 N–H and O–H groups in total. The van der Waals surface area contributed by atoms with E-state index in [-0.39, 0.29) is 12.5 Å². The minimum absolute atomic E-state index is 0.0968. The lowest BCUT2D eigenvalue weighted by atomic mass is 9.98. The summed E-state index contributed by atoms with van der Waals surface area (Å²) in [6.07, 6.45) is -2.07. The van der Waals surface area contributed by atoms with Gasteiger partial charge < -0.3 is 25.6 Å². The third kappa shape index (κ3) is 4.44. The van der Waals surface area contributed by atoms with E-state index >= 15 is 0 Å². The van der Waals surface area contributed by atoms with Gasteiger partial charge in [-0.25, -0.2) is 9.59 Å².